The third-order valence-corrected chi connectivity index (χ3v) is 6.51. The fourth-order valence-corrected chi connectivity index (χ4v) is 4.56. The first-order valence-corrected chi connectivity index (χ1v) is 12.3. The minimum atomic E-state index is -0.245. The standard InChI is InChI=1S/C25H19Cl3N2O3S/c1-2-32-22-11-15(7-10-21(22)33-14-16-5-3-4-6-18(16)27)12-23-24(31)30-25(34-23)29-20-9-8-17(26)13-19(20)28/h3-13H,2,14H2,1H3,(H,29,30,31)/b23-12-. The Labute approximate surface area is 216 Å². The van der Waals surface area contributed by atoms with Crippen LogP contribution >= 0.6 is 46.6 Å². The van der Waals surface area contributed by atoms with Gasteiger partial charge in [0.15, 0.2) is 16.7 Å². The number of carbonyl (C=O) groups excluding carboxylic acids is 1. The number of carbonyl (C=O) groups is 1. The van der Waals surface area contributed by atoms with E-state index in [-0.39, 0.29) is 5.91 Å². The van der Waals surface area contributed by atoms with Crippen molar-refractivity contribution in [1.82, 2.24) is 5.32 Å². The zero-order valence-electron chi connectivity index (χ0n) is 18.0. The van der Waals surface area contributed by atoms with Crippen LogP contribution in [0.3, 0.4) is 0 Å². The molecule has 0 atom stereocenters. The van der Waals surface area contributed by atoms with Crippen molar-refractivity contribution in [3.63, 3.8) is 0 Å². The van der Waals surface area contributed by atoms with Gasteiger partial charge in [-0.3, -0.25) is 4.79 Å². The summed E-state index contributed by atoms with van der Waals surface area (Å²) in [4.78, 5) is 17.4. The highest BCUT2D eigenvalue weighted by atomic mass is 35.5. The molecule has 3 aromatic carbocycles. The number of benzene rings is 3. The fourth-order valence-electron chi connectivity index (χ4n) is 3.09. The van der Waals surface area contributed by atoms with Gasteiger partial charge in [-0.2, -0.15) is 0 Å². The van der Waals surface area contributed by atoms with Gasteiger partial charge in [0, 0.05) is 15.6 Å². The highest BCUT2D eigenvalue weighted by molar-refractivity contribution is 8.18. The molecule has 174 valence electrons. The third kappa shape index (κ3) is 6.07. The van der Waals surface area contributed by atoms with E-state index in [0.717, 1.165) is 11.1 Å². The van der Waals surface area contributed by atoms with Gasteiger partial charge in [0.2, 0.25) is 0 Å². The van der Waals surface area contributed by atoms with Crippen molar-refractivity contribution >= 4 is 69.4 Å². The van der Waals surface area contributed by atoms with Gasteiger partial charge in [-0.05, 0) is 66.7 Å². The second kappa shape index (κ2) is 11.2. The maximum Gasteiger partial charge on any atom is 0.264 e. The number of nitrogens with one attached hydrogen (secondary N) is 1. The molecular weight excluding hydrogens is 515 g/mol. The lowest BCUT2D eigenvalue weighted by atomic mass is 10.2. The largest absolute Gasteiger partial charge is 0.490 e. The van der Waals surface area contributed by atoms with E-state index in [0.29, 0.717) is 55.5 Å². The van der Waals surface area contributed by atoms with Gasteiger partial charge in [0.1, 0.15) is 6.61 Å². The van der Waals surface area contributed by atoms with Crippen LogP contribution in [-0.2, 0) is 11.4 Å². The molecule has 1 aliphatic rings. The SMILES string of the molecule is CCOc1cc(/C=C2\SC(=Nc3ccc(Cl)cc3Cl)NC2=O)ccc1OCc1ccccc1Cl. The summed E-state index contributed by atoms with van der Waals surface area (Å²) in [6, 6.07) is 18.0. The Morgan fingerprint density at radius 1 is 0.971 bits per heavy atom. The molecule has 9 heteroatoms. The van der Waals surface area contributed by atoms with Gasteiger partial charge in [-0.25, -0.2) is 4.99 Å². The lowest BCUT2D eigenvalue weighted by Gasteiger charge is -2.13. The summed E-state index contributed by atoms with van der Waals surface area (Å²) < 4.78 is 11.7. The third-order valence-electron chi connectivity index (χ3n) is 4.69. The highest BCUT2D eigenvalue weighted by Crippen LogP contribution is 2.34. The molecule has 1 aliphatic heterocycles. The van der Waals surface area contributed by atoms with Gasteiger partial charge in [0.05, 0.1) is 22.2 Å². The molecule has 1 N–H and O–H groups in total. The number of ether oxygens (including phenoxy) is 2. The summed E-state index contributed by atoms with van der Waals surface area (Å²) >= 11 is 19.6. The van der Waals surface area contributed by atoms with E-state index in [1.165, 1.54) is 11.8 Å². The number of halogens is 3. The second-order valence-electron chi connectivity index (χ2n) is 7.10. The smallest absolute Gasteiger partial charge is 0.264 e. The minimum absolute atomic E-state index is 0.245. The molecule has 0 radical (unpaired) electrons. The second-order valence-corrected chi connectivity index (χ2v) is 9.38. The molecule has 34 heavy (non-hydrogen) atoms. The van der Waals surface area contributed by atoms with Crippen LogP contribution in [0.4, 0.5) is 5.69 Å². The van der Waals surface area contributed by atoms with Crippen molar-refractivity contribution in [3.8, 4) is 11.5 Å². The van der Waals surface area contributed by atoms with Crippen molar-refractivity contribution in [2.45, 2.75) is 13.5 Å². The van der Waals surface area contributed by atoms with Crippen LogP contribution in [0.15, 0.2) is 70.6 Å². The topological polar surface area (TPSA) is 59.9 Å². The Bertz CT molecular complexity index is 1290. The number of aliphatic imine (C=N–C) groups is 1. The summed E-state index contributed by atoms with van der Waals surface area (Å²) in [5.41, 5.74) is 2.19. The van der Waals surface area contributed by atoms with Crippen LogP contribution in [0.5, 0.6) is 11.5 Å². The molecule has 0 bridgehead atoms. The predicted molar refractivity (Wildman–Crippen MR) is 141 cm³/mol. The maximum absolute atomic E-state index is 12.5. The molecule has 3 aromatic rings. The molecule has 0 spiro atoms. The van der Waals surface area contributed by atoms with E-state index in [1.54, 1.807) is 24.3 Å². The zero-order valence-corrected chi connectivity index (χ0v) is 21.1. The summed E-state index contributed by atoms with van der Waals surface area (Å²) in [7, 11) is 0. The van der Waals surface area contributed by atoms with Crippen LogP contribution < -0.4 is 14.8 Å². The van der Waals surface area contributed by atoms with Crippen LogP contribution in [0, 0.1) is 0 Å². The average Bonchev–Trinajstić information content (AvgIpc) is 3.15. The molecular formula is C25H19Cl3N2O3S. The number of nitrogens with zero attached hydrogens (tertiary/aromatic N) is 1. The molecule has 4 rings (SSSR count). The van der Waals surface area contributed by atoms with E-state index in [4.69, 9.17) is 44.3 Å². The minimum Gasteiger partial charge on any atom is -0.490 e. The summed E-state index contributed by atoms with van der Waals surface area (Å²) in [6.07, 6.45) is 1.77. The lowest BCUT2D eigenvalue weighted by molar-refractivity contribution is -0.115. The number of rotatable bonds is 7. The predicted octanol–water partition coefficient (Wildman–Crippen LogP) is 7.52. The fraction of sp³-hybridized carbons (Fsp3) is 0.120. The van der Waals surface area contributed by atoms with Crippen LogP contribution in [0.25, 0.3) is 6.08 Å². The quantitative estimate of drug-likeness (QED) is 0.319. The van der Waals surface area contributed by atoms with Gasteiger partial charge >= 0.3 is 0 Å². The number of amidine groups is 1. The van der Waals surface area contributed by atoms with Crippen LogP contribution in [0.2, 0.25) is 15.1 Å². The van der Waals surface area contributed by atoms with Gasteiger partial charge in [-0.15, -0.1) is 0 Å². The molecule has 0 saturated carbocycles. The number of amides is 1. The Hall–Kier alpha value is -2.64. The average molecular weight is 534 g/mol. The molecule has 5 nitrogen and oxygen atoms in total. The Morgan fingerprint density at radius 3 is 2.56 bits per heavy atom. The first-order valence-electron chi connectivity index (χ1n) is 10.3. The van der Waals surface area contributed by atoms with Gasteiger partial charge in [0.25, 0.3) is 5.91 Å². The summed E-state index contributed by atoms with van der Waals surface area (Å²) in [5, 5.41) is 4.75. The lowest BCUT2D eigenvalue weighted by Crippen LogP contribution is -2.19. The monoisotopic (exact) mass is 532 g/mol. The molecule has 1 amide bonds. The summed E-state index contributed by atoms with van der Waals surface area (Å²) in [5.74, 6) is 0.923. The number of hydrogen-bond donors (Lipinski definition) is 1. The van der Waals surface area contributed by atoms with Crippen LogP contribution in [0.1, 0.15) is 18.1 Å². The van der Waals surface area contributed by atoms with E-state index >= 15 is 0 Å². The van der Waals surface area contributed by atoms with Crippen molar-refractivity contribution < 1.29 is 14.3 Å². The Kier molecular flexibility index (Phi) is 8.06. The molecule has 0 aromatic heterocycles. The number of thioether (sulfide) groups is 1. The van der Waals surface area contributed by atoms with Crippen molar-refractivity contribution in [3.05, 3.63) is 91.8 Å². The van der Waals surface area contributed by atoms with E-state index in [2.05, 4.69) is 10.3 Å². The van der Waals surface area contributed by atoms with Crippen molar-refractivity contribution in [2.75, 3.05) is 6.61 Å². The summed E-state index contributed by atoms with van der Waals surface area (Å²) in [6.45, 7) is 2.68. The normalized spacial score (nSPS) is 15.6. The Morgan fingerprint density at radius 2 is 1.79 bits per heavy atom. The molecule has 1 fully saturated rings. The zero-order chi connectivity index (χ0) is 24.1. The maximum atomic E-state index is 12.5. The first-order chi connectivity index (χ1) is 16.4. The number of hydrogen-bond acceptors (Lipinski definition) is 5. The Balaban J connectivity index is 1.52. The van der Waals surface area contributed by atoms with E-state index in [1.807, 2.05) is 49.4 Å². The van der Waals surface area contributed by atoms with Crippen LogP contribution in [-0.4, -0.2) is 17.7 Å². The van der Waals surface area contributed by atoms with Crippen molar-refractivity contribution in [1.29, 1.82) is 0 Å². The van der Waals surface area contributed by atoms with Gasteiger partial charge in [-0.1, -0.05) is 59.1 Å². The highest BCUT2D eigenvalue weighted by Gasteiger charge is 2.24. The van der Waals surface area contributed by atoms with E-state index < -0.39 is 0 Å². The molecule has 0 unspecified atom stereocenters. The van der Waals surface area contributed by atoms with E-state index in [9.17, 15) is 4.79 Å². The molecule has 1 saturated heterocycles. The first kappa shape index (κ1) is 24.5. The van der Waals surface area contributed by atoms with Gasteiger partial charge < -0.3 is 14.8 Å². The van der Waals surface area contributed by atoms with Crippen molar-refractivity contribution in [2.24, 2.45) is 4.99 Å². The molecule has 0 aliphatic carbocycles. The molecule has 1 heterocycles.